The molecule has 0 unspecified atom stereocenters. The van der Waals surface area contributed by atoms with Crippen LogP contribution in [0.3, 0.4) is 0 Å². The summed E-state index contributed by atoms with van der Waals surface area (Å²) in [5.41, 5.74) is 0.416. The first-order valence-corrected chi connectivity index (χ1v) is 7.13. The Labute approximate surface area is 123 Å². The Bertz CT molecular complexity index is 600. The van der Waals surface area contributed by atoms with E-state index in [1.165, 1.54) is 0 Å². The summed E-state index contributed by atoms with van der Waals surface area (Å²) in [4.78, 5) is 16.2. The maximum absolute atomic E-state index is 11.9. The lowest BCUT2D eigenvalue weighted by Crippen LogP contribution is -2.26. The molecule has 7 heteroatoms. The van der Waals surface area contributed by atoms with Gasteiger partial charge in [0.05, 0.1) is 0 Å². The lowest BCUT2D eigenvalue weighted by molar-refractivity contribution is 0.0948. The summed E-state index contributed by atoms with van der Waals surface area (Å²) in [5.74, 6) is 1.24. The molecule has 1 amide bonds. The van der Waals surface area contributed by atoms with E-state index in [0.717, 1.165) is 0 Å². The Balaban J connectivity index is 1.83. The SMILES string of the molecule is CC(C)c1nc(CCNC(=O)c2ccn(C(C)C)n2)no1. The maximum Gasteiger partial charge on any atom is 0.271 e. The van der Waals surface area contributed by atoms with E-state index in [1.807, 2.05) is 27.7 Å². The number of hydrogen-bond donors (Lipinski definition) is 1. The van der Waals surface area contributed by atoms with Crippen molar-refractivity contribution in [3.63, 3.8) is 0 Å². The monoisotopic (exact) mass is 291 g/mol. The summed E-state index contributed by atoms with van der Waals surface area (Å²) in [6.45, 7) is 8.45. The van der Waals surface area contributed by atoms with E-state index < -0.39 is 0 Å². The Kier molecular flexibility index (Phi) is 4.72. The van der Waals surface area contributed by atoms with Crippen molar-refractivity contribution in [3.05, 3.63) is 29.7 Å². The number of carbonyl (C=O) groups is 1. The van der Waals surface area contributed by atoms with Crippen LogP contribution in [0.15, 0.2) is 16.8 Å². The summed E-state index contributed by atoms with van der Waals surface area (Å²) in [5, 5.41) is 10.9. The van der Waals surface area contributed by atoms with Crippen LogP contribution < -0.4 is 5.32 Å². The molecule has 0 aliphatic rings. The van der Waals surface area contributed by atoms with Gasteiger partial charge in [0, 0.05) is 31.1 Å². The van der Waals surface area contributed by atoms with E-state index >= 15 is 0 Å². The quantitative estimate of drug-likeness (QED) is 0.879. The van der Waals surface area contributed by atoms with Crippen LogP contribution in [0.5, 0.6) is 0 Å². The number of rotatable bonds is 6. The zero-order chi connectivity index (χ0) is 15.4. The fourth-order valence-electron chi connectivity index (χ4n) is 1.73. The standard InChI is InChI=1S/C14H21N5O2/c1-9(2)14-16-12(18-21-14)5-7-15-13(20)11-6-8-19(17-11)10(3)4/h6,8-10H,5,7H2,1-4H3,(H,15,20). The molecular formula is C14H21N5O2. The largest absolute Gasteiger partial charge is 0.350 e. The molecule has 0 fully saturated rings. The molecule has 114 valence electrons. The van der Waals surface area contributed by atoms with Crippen molar-refractivity contribution in [2.24, 2.45) is 0 Å². The van der Waals surface area contributed by atoms with E-state index in [-0.39, 0.29) is 17.9 Å². The molecule has 0 radical (unpaired) electrons. The first-order valence-electron chi connectivity index (χ1n) is 7.13. The van der Waals surface area contributed by atoms with Crippen molar-refractivity contribution in [1.82, 2.24) is 25.2 Å². The number of carbonyl (C=O) groups excluding carboxylic acids is 1. The number of amides is 1. The van der Waals surface area contributed by atoms with Crippen LogP contribution in [0.25, 0.3) is 0 Å². The molecule has 0 spiro atoms. The maximum atomic E-state index is 11.9. The minimum absolute atomic E-state index is 0.193. The van der Waals surface area contributed by atoms with Gasteiger partial charge >= 0.3 is 0 Å². The van der Waals surface area contributed by atoms with E-state index in [0.29, 0.717) is 30.4 Å². The molecular weight excluding hydrogens is 270 g/mol. The molecule has 2 aromatic heterocycles. The summed E-state index contributed by atoms with van der Waals surface area (Å²) < 4.78 is 6.86. The normalized spacial score (nSPS) is 11.3. The highest BCUT2D eigenvalue weighted by Crippen LogP contribution is 2.10. The lowest BCUT2D eigenvalue weighted by atomic mass is 10.2. The van der Waals surface area contributed by atoms with Gasteiger partial charge in [-0.25, -0.2) is 0 Å². The molecule has 0 atom stereocenters. The van der Waals surface area contributed by atoms with E-state index in [4.69, 9.17) is 4.52 Å². The fourth-order valence-corrected chi connectivity index (χ4v) is 1.73. The van der Waals surface area contributed by atoms with Gasteiger partial charge in [0.15, 0.2) is 5.82 Å². The molecule has 0 saturated carbocycles. The van der Waals surface area contributed by atoms with Gasteiger partial charge in [0.25, 0.3) is 5.91 Å². The smallest absolute Gasteiger partial charge is 0.271 e. The molecule has 0 saturated heterocycles. The summed E-state index contributed by atoms with van der Waals surface area (Å²) in [6, 6.07) is 1.95. The lowest BCUT2D eigenvalue weighted by Gasteiger charge is -2.04. The van der Waals surface area contributed by atoms with Crippen molar-refractivity contribution < 1.29 is 9.32 Å². The molecule has 0 aliphatic heterocycles. The second kappa shape index (κ2) is 6.51. The van der Waals surface area contributed by atoms with Crippen molar-refractivity contribution in [2.75, 3.05) is 6.54 Å². The number of nitrogens with one attached hydrogen (secondary N) is 1. The first kappa shape index (κ1) is 15.2. The highest BCUT2D eigenvalue weighted by molar-refractivity contribution is 5.92. The number of nitrogens with zero attached hydrogens (tertiary/aromatic N) is 4. The fraction of sp³-hybridized carbons (Fsp3) is 0.571. The van der Waals surface area contributed by atoms with Crippen LogP contribution >= 0.6 is 0 Å². The number of hydrogen-bond acceptors (Lipinski definition) is 5. The molecule has 2 aromatic rings. The average Bonchev–Trinajstić information content (AvgIpc) is 3.07. The number of aromatic nitrogens is 4. The third kappa shape index (κ3) is 3.90. The Morgan fingerprint density at radius 3 is 2.71 bits per heavy atom. The van der Waals surface area contributed by atoms with Gasteiger partial charge in [-0.15, -0.1) is 0 Å². The highest BCUT2D eigenvalue weighted by Gasteiger charge is 2.12. The van der Waals surface area contributed by atoms with Gasteiger partial charge in [-0.1, -0.05) is 19.0 Å². The van der Waals surface area contributed by atoms with Crippen LogP contribution in [-0.4, -0.2) is 32.4 Å². The van der Waals surface area contributed by atoms with Gasteiger partial charge in [-0.3, -0.25) is 9.48 Å². The van der Waals surface area contributed by atoms with E-state index in [1.54, 1.807) is 16.9 Å². The first-order chi connectivity index (χ1) is 9.97. The molecule has 7 nitrogen and oxygen atoms in total. The van der Waals surface area contributed by atoms with Gasteiger partial charge in [0.1, 0.15) is 5.69 Å². The minimum Gasteiger partial charge on any atom is -0.350 e. The van der Waals surface area contributed by atoms with Crippen LogP contribution in [0.2, 0.25) is 0 Å². The van der Waals surface area contributed by atoms with Crippen LogP contribution in [0, 0.1) is 0 Å². The topological polar surface area (TPSA) is 85.8 Å². The predicted octanol–water partition coefficient (Wildman–Crippen LogP) is 1.94. The molecule has 0 bridgehead atoms. The second-order valence-electron chi connectivity index (χ2n) is 5.48. The van der Waals surface area contributed by atoms with Crippen molar-refractivity contribution in [2.45, 2.75) is 46.1 Å². The highest BCUT2D eigenvalue weighted by atomic mass is 16.5. The zero-order valence-corrected chi connectivity index (χ0v) is 12.8. The van der Waals surface area contributed by atoms with Crippen molar-refractivity contribution in [3.8, 4) is 0 Å². The van der Waals surface area contributed by atoms with Gasteiger partial charge in [-0.2, -0.15) is 10.1 Å². The Morgan fingerprint density at radius 1 is 1.38 bits per heavy atom. The summed E-state index contributed by atoms with van der Waals surface area (Å²) in [6.07, 6.45) is 2.33. The second-order valence-corrected chi connectivity index (χ2v) is 5.48. The van der Waals surface area contributed by atoms with Crippen molar-refractivity contribution in [1.29, 1.82) is 0 Å². The predicted molar refractivity (Wildman–Crippen MR) is 77.0 cm³/mol. The summed E-state index contributed by atoms with van der Waals surface area (Å²) >= 11 is 0. The van der Waals surface area contributed by atoms with Gasteiger partial charge < -0.3 is 9.84 Å². The molecule has 21 heavy (non-hydrogen) atoms. The van der Waals surface area contributed by atoms with E-state index in [9.17, 15) is 4.79 Å². The van der Waals surface area contributed by atoms with Gasteiger partial charge in [0.2, 0.25) is 5.89 Å². The molecule has 0 aromatic carbocycles. The summed E-state index contributed by atoms with van der Waals surface area (Å²) in [7, 11) is 0. The minimum atomic E-state index is -0.193. The third-order valence-electron chi connectivity index (χ3n) is 2.98. The van der Waals surface area contributed by atoms with Gasteiger partial charge in [-0.05, 0) is 19.9 Å². The molecule has 0 aliphatic carbocycles. The average molecular weight is 291 g/mol. The molecule has 2 heterocycles. The van der Waals surface area contributed by atoms with E-state index in [2.05, 4.69) is 20.6 Å². The van der Waals surface area contributed by atoms with Crippen LogP contribution in [0.4, 0.5) is 0 Å². The Hall–Kier alpha value is -2.18. The van der Waals surface area contributed by atoms with Crippen molar-refractivity contribution >= 4 is 5.91 Å². The van der Waals surface area contributed by atoms with Crippen LogP contribution in [-0.2, 0) is 6.42 Å². The Morgan fingerprint density at radius 2 is 2.14 bits per heavy atom. The zero-order valence-electron chi connectivity index (χ0n) is 12.8. The van der Waals surface area contributed by atoms with Crippen LogP contribution in [0.1, 0.15) is 61.9 Å². The molecule has 2 rings (SSSR count). The molecule has 1 N–H and O–H groups in total. The third-order valence-corrected chi connectivity index (χ3v) is 2.98.